The Morgan fingerprint density at radius 3 is 2.21 bits per heavy atom. The molecule has 4 fully saturated rings. The van der Waals surface area contributed by atoms with Gasteiger partial charge < -0.3 is 15.1 Å². The van der Waals surface area contributed by atoms with E-state index in [2.05, 4.69) is 29.9 Å². The molecule has 1 aromatic rings. The van der Waals surface area contributed by atoms with Crippen molar-refractivity contribution in [3.63, 3.8) is 0 Å². The summed E-state index contributed by atoms with van der Waals surface area (Å²) in [6, 6.07) is 4.93. The first-order valence-electron chi connectivity index (χ1n) is 13.4. The van der Waals surface area contributed by atoms with Gasteiger partial charge in [-0.2, -0.15) is 0 Å². The number of nitrogens with one attached hydrogen (secondary N) is 1. The number of carbonyl (C=O) groups excluding carboxylic acids is 2. The van der Waals surface area contributed by atoms with Gasteiger partial charge in [0.1, 0.15) is 5.82 Å². The lowest BCUT2D eigenvalue weighted by molar-refractivity contribution is -0.134. The second-order valence-corrected chi connectivity index (χ2v) is 10.5. The van der Waals surface area contributed by atoms with Gasteiger partial charge in [-0.25, -0.2) is 4.98 Å². The van der Waals surface area contributed by atoms with Gasteiger partial charge in [0.2, 0.25) is 5.91 Å². The van der Waals surface area contributed by atoms with Crippen LogP contribution in [-0.4, -0.2) is 102 Å². The standard InChI is InChI=1S/C26H40N6O2/c33-25(32-17-15-30(16-18-32)23-7-4-8-23)20-29-11-13-31(14-12-29)24-10-9-21(19-27-24)26(34)28-22-5-2-1-3-6-22/h9-10,19,22-23H,1-8,11-18,20H2,(H,28,34). The SMILES string of the molecule is O=C(NC1CCCCC1)c1ccc(N2CCN(CC(=O)N3CCN(C4CCC4)CC3)CC2)nc1. The van der Waals surface area contributed by atoms with Gasteiger partial charge in [-0.15, -0.1) is 0 Å². The lowest BCUT2D eigenvalue weighted by atomic mass is 9.91. The van der Waals surface area contributed by atoms with Crippen LogP contribution < -0.4 is 10.2 Å². The van der Waals surface area contributed by atoms with Crippen molar-refractivity contribution < 1.29 is 9.59 Å². The number of carbonyl (C=O) groups is 2. The molecule has 186 valence electrons. The molecule has 2 saturated heterocycles. The summed E-state index contributed by atoms with van der Waals surface area (Å²) in [6.45, 7) is 7.76. The second-order valence-electron chi connectivity index (χ2n) is 10.5. The average molecular weight is 469 g/mol. The van der Waals surface area contributed by atoms with Gasteiger partial charge in [0, 0.05) is 70.6 Å². The topological polar surface area (TPSA) is 72.0 Å². The van der Waals surface area contributed by atoms with Crippen LogP contribution >= 0.6 is 0 Å². The summed E-state index contributed by atoms with van der Waals surface area (Å²) in [5, 5.41) is 3.16. The fourth-order valence-corrected chi connectivity index (χ4v) is 5.74. The fourth-order valence-electron chi connectivity index (χ4n) is 5.74. The first-order valence-corrected chi connectivity index (χ1v) is 13.4. The van der Waals surface area contributed by atoms with E-state index >= 15 is 0 Å². The number of anilines is 1. The van der Waals surface area contributed by atoms with Crippen molar-refractivity contribution in [2.45, 2.75) is 63.5 Å². The van der Waals surface area contributed by atoms with Gasteiger partial charge in [0.15, 0.2) is 0 Å². The van der Waals surface area contributed by atoms with Crippen molar-refractivity contribution in [3.05, 3.63) is 23.9 Å². The number of amides is 2. The van der Waals surface area contributed by atoms with E-state index in [4.69, 9.17) is 0 Å². The van der Waals surface area contributed by atoms with E-state index in [0.717, 1.165) is 77.1 Å². The molecule has 0 spiro atoms. The monoisotopic (exact) mass is 468 g/mol. The van der Waals surface area contributed by atoms with Gasteiger partial charge in [-0.05, 0) is 37.8 Å². The maximum Gasteiger partial charge on any atom is 0.253 e. The first kappa shape index (κ1) is 23.5. The third-order valence-electron chi connectivity index (χ3n) is 8.26. The zero-order valence-corrected chi connectivity index (χ0v) is 20.5. The summed E-state index contributed by atoms with van der Waals surface area (Å²) in [5.41, 5.74) is 0.635. The minimum Gasteiger partial charge on any atom is -0.354 e. The van der Waals surface area contributed by atoms with Crippen molar-refractivity contribution in [1.82, 2.24) is 25.0 Å². The Kier molecular flexibility index (Phi) is 7.64. The largest absolute Gasteiger partial charge is 0.354 e. The van der Waals surface area contributed by atoms with Crippen LogP contribution in [0.3, 0.4) is 0 Å². The number of hydrogen-bond acceptors (Lipinski definition) is 6. The second kappa shape index (κ2) is 11.0. The molecule has 8 nitrogen and oxygen atoms in total. The molecular weight excluding hydrogens is 428 g/mol. The third kappa shape index (κ3) is 5.71. The Bertz CT molecular complexity index is 820. The van der Waals surface area contributed by atoms with Gasteiger partial charge in [0.25, 0.3) is 5.91 Å². The van der Waals surface area contributed by atoms with Crippen LogP contribution in [-0.2, 0) is 4.79 Å². The molecule has 8 heteroatoms. The highest BCUT2D eigenvalue weighted by molar-refractivity contribution is 5.94. The van der Waals surface area contributed by atoms with Crippen LogP contribution in [0.25, 0.3) is 0 Å². The van der Waals surface area contributed by atoms with Gasteiger partial charge in [-0.3, -0.25) is 19.4 Å². The number of pyridine rings is 1. The molecule has 2 aliphatic heterocycles. The van der Waals surface area contributed by atoms with E-state index in [9.17, 15) is 9.59 Å². The minimum absolute atomic E-state index is 0.0113. The van der Waals surface area contributed by atoms with E-state index in [1.54, 1.807) is 6.20 Å². The summed E-state index contributed by atoms with van der Waals surface area (Å²) in [5.74, 6) is 1.17. The van der Waals surface area contributed by atoms with E-state index in [0.29, 0.717) is 18.2 Å². The average Bonchev–Trinajstić information content (AvgIpc) is 2.85. The van der Waals surface area contributed by atoms with Crippen LogP contribution in [0.15, 0.2) is 18.3 Å². The van der Waals surface area contributed by atoms with Gasteiger partial charge in [-0.1, -0.05) is 25.7 Å². The number of rotatable bonds is 6. The molecule has 0 bridgehead atoms. The number of aromatic nitrogens is 1. The molecule has 34 heavy (non-hydrogen) atoms. The highest BCUT2D eigenvalue weighted by Crippen LogP contribution is 2.25. The molecule has 0 unspecified atom stereocenters. The third-order valence-corrected chi connectivity index (χ3v) is 8.26. The fraction of sp³-hybridized carbons (Fsp3) is 0.731. The minimum atomic E-state index is -0.0113. The maximum absolute atomic E-state index is 12.8. The Hall–Kier alpha value is -2.19. The molecule has 1 aromatic heterocycles. The van der Waals surface area contributed by atoms with Crippen molar-refractivity contribution in [3.8, 4) is 0 Å². The number of hydrogen-bond donors (Lipinski definition) is 1. The zero-order chi connectivity index (χ0) is 23.3. The Morgan fingerprint density at radius 2 is 1.59 bits per heavy atom. The summed E-state index contributed by atoms with van der Waals surface area (Å²) in [4.78, 5) is 39.1. The Morgan fingerprint density at radius 1 is 0.853 bits per heavy atom. The van der Waals surface area contributed by atoms with Crippen LogP contribution in [0.2, 0.25) is 0 Å². The molecule has 2 aliphatic carbocycles. The van der Waals surface area contributed by atoms with E-state index in [1.165, 1.54) is 38.5 Å². The lowest BCUT2D eigenvalue weighted by Gasteiger charge is -2.43. The predicted octanol–water partition coefficient (Wildman–Crippen LogP) is 1.96. The van der Waals surface area contributed by atoms with Crippen molar-refractivity contribution in [2.75, 3.05) is 63.8 Å². The first-order chi connectivity index (χ1) is 16.7. The summed E-state index contributed by atoms with van der Waals surface area (Å²) in [6.07, 6.45) is 11.6. The van der Waals surface area contributed by atoms with Crippen molar-refractivity contribution in [2.24, 2.45) is 0 Å². The molecule has 0 radical (unpaired) electrons. The molecule has 1 N–H and O–H groups in total. The van der Waals surface area contributed by atoms with Crippen LogP contribution in [0.1, 0.15) is 61.7 Å². The molecule has 5 rings (SSSR count). The highest BCUT2D eigenvalue weighted by atomic mass is 16.2. The van der Waals surface area contributed by atoms with Crippen molar-refractivity contribution >= 4 is 17.6 Å². The lowest BCUT2D eigenvalue weighted by Crippen LogP contribution is -2.56. The Labute approximate surface area is 203 Å². The number of piperazine rings is 2. The molecule has 0 aromatic carbocycles. The summed E-state index contributed by atoms with van der Waals surface area (Å²) >= 11 is 0. The molecule has 4 aliphatic rings. The predicted molar refractivity (Wildman–Crippen MR) is 133 cm³/mol. The normalized spacial score (nSPS) is 23.5. The Balaban J connectivity index is 1.04. The molecule has 2 amide bonds. The van der Waals surface area contributed by atoms with E-state index in [1.807, 2.05) is 12.1 Å². The summed E-state index contributed by atoms with van der Waals surface area (Å²) in [7, 11) is 0. The molecule has 2 saturated carbocycles. The smallest absolute Gasteiger partial charge is 0.253 e. The molecule has 3 heterocycles. The quantitative estimate of drug-likeness (QED) is 0.688. The van der Waals surface area contributed by atoms with Crippen LogP contribution in [0.5, 0.6) is 0 Å². The maximum atomic E-state index is 12.8. The summed E-state index contributed by atoms with van der Waals surface area (Å²) < 4.78 is 0. The highest BCUT2D eigenvalue weighted by Gasteiger charge is 2.30. The van der Waals surface area contributed by atoms with E-state index < -0.39 is 0 Å². The molecule has 0 atom stereocenters. The van der Waals surface area contributed by atoms with Crippen molar-refractivity contribution in [1.29, 1.82) is 0 Å². The van der Waals surface area contributed by atoms with E-state index in [-0.39, 0.29) is 11.8 Å². The number of nitrogens with zero attached hydrogens (tertiary/aromatic N) is 5. The van der Waals surface area contributed by atoms with Gasteiger partial charge >= 0.3 is 0 Å². The zero-order valence-electron chi connectivity index (χ0n) is 20.5. The van der Waals surface area contributed by atoms with Crippen LogP contribution in [0, 0.1) is 0 Å². The van der Waals surface area contributed by atoms with Gasteiger partial charge in [0.05, 0.1) is 12.1 Å². The molecular formula is C26H40N6O2. The van der Waals surface area contributed by atoms with Crippen LogP contribution in [0.4, 0.5) is 5.82 Å².